The molecule has 0 aromatic heterocycles. The third kappa shape index (κ3) is 1.15. The van der Waals surface area contributed by atoms with Crippen LogP contribution in [0.25, 0.3) is 0 Å². The zero-order valence-corrected chi connectivity index (χ0v) is 8.76. The number of likely N-dealkylation sites (N-methyl/N-ethyl adjacent to an activating group) is 1. The second-order valence-electron chi connectivity index (χ2n) is 4.10. The average molecular weight is 197 g/mol. The molecule has 72 valence electrons. The first-order chi connectivity index (χ1) is 6.34. The summed E-state index contributed by atoms with van der Waals surface area (Å²) in [6.45, 7) is 3.34. The van der Waals surface area contributed by atoms with Crippen LogP contribution >= 0.6 is 11.8 Å². The maximum Gasteiger partial charge on any atom is 0.196 e. The predicted molar refractivity (Wildman–Crippen MR) is 56.3 cm³/mol. The molecule has 0 aliphatic carbocycles. The van der Waals surface area contributed by atoms with Crippen LogP contribution in [0, 0.1) is 0 Å². The van der Waals surface area contributed by atoms with Gasteiger partial charge in [-0.1, -0.05) is 0 Å². The lowest BCUT2D eigenvalue weighted by Gasteiger charge is -2.31. The topological polar surface area (TPSA) is 18.8 Å². The Hall–Kier alpha value is -0.380. The van der Waals surface area contributed by atoms with E-state index in [1.54, 1.807) is 0 Å². The summed E-state index contributed by atoms with van der Waals surface area (Å²) in [6.07, 6.45) is 1.39. The summed E-state index contributed by atoms with van der Waals surface area (Å²) in [5.74, 6) is 2.57. The van der Waals surface area contributed by atoms with Gasteiger partial charge in [0.1, 0.15) is 0 Å². The first-order valence-corrected chi connectivity index (χ1v) is 6.03. The second-order valence-corrected chi connectivity index (χ2v) is 5.43. The molecule has 3 rings (SSSR count). The Morgan fingerprint density at radius 3 is 3.00 bits per heavy atom. The number of thioether (sulfide) groups is 1. The molecular weight excluding hydrogens is 182 g/mol. The Morgan fingerprint density at radius 2 is 2.46 bits per heavy atom. The Kier molecular flexibility index (Phi) is 1.72. The van der Waals surface area contributed by atoms with Crippen LogP contribution in [0.3, 0.4) is 0 Å². The smallest absolute Gasteiger partial charge is 0.196 e. The highest BCUT2D eigenvalue weighted by atomic mass is 32.2. The molecule has 3 aliphatic rings. The first kappa shape index (κ1) is 7.97. The van der Waals surface area contributed by atoms with Crippen molar-refractivity contribution in [2.45, 2.75) is 17.7 Å². The molecule has 2 unspecified atom stereocenters. The van der Waals surface area contributed by atoms with E-state index >= 15 is 0 Å². The van der Waals surface area contributed by atoms with Gasteiger partial charge in [0.05, 0.1) is 6.54 Å². The maximum absolute atomic E-state index is 4.58. The zero-order valence-electron chi connectivity index (χ0n) is 7.94. The lowest BCUT2D eigenvalue weighted by Crippen LogP contribution is -2.45. The van der Waals surface area contributed by atoms with Gasteiger partial charge in [0, 0.05) is 37.2 Å². The highest BCUT2D eigenvalue weighted by molar-refractivity contribution is 8.00. The quantitative estimate of drug-likeness (QED) is 0.563. The maximum atomic E-state index is 4.58. The minimum atomic E-state index is 0.786. The van der Waals surface area contributed by atoms with Crippen molar-refractivity contribution in [3.05, 3.63) is 0 Å². The normalized spacial score (nSPS) is 37.5. The van der Waals surface area contributed by atoms with Gasteiger partial charge in [-0.15, -0.1) is 0 Å². The first-order valence-electron chi connectivity index (χ1n) is 4.98. The van der Waals surface area contributed by atoms with Crippen molar-refractivity contribution in [3.63, 3.8) is 0 Å². The highest BCUT2D eigenvalue weighted by Crippen LogP contribution is 2.38. The summed E-state index contributed by atoms with van der Waals surface area (Å²) < 4.78 is 0. The molecule has 3 aliphatic heterocycles. The van der Waals surface area contributed by atoms with Crippen LogP contribution in [0.5, 0.6) is 0 Å². The third-order valence-electron chi connectivity index (χ3n) is 3.19. The fourth-order valence-electron chi connectivity index (χ4n) is 2.48. The van der Waals surface area contributed by atoms with Crippen molar-refractivity contribution in [1.82, 2.24) is 9.80 Å². The lowest BCUT2D eigenvalue weighted by molar-refractivity contribution is 0.361. The standard InChI is InChI=1S/C9H15N3S/c1-11-3-2-10-9(11)12-5-8-4-7(12)6-13-8/h7-8H,2-6H2,1H3. The minimum Gasteiger partial charge on any atom is -0.344 e. The molecule has 3 nitrogen and oxygen atoms in total. The van der Waals surface area contributed by atoms with Gasteiger partial charge < -0.3 is 9.80 Å². The third-order valence-corrected chi connectivity index (χ3v) is 4.58. The molecule has 2 atom stereocenters. The van der Waals surface area contributed by atoms with E-state index in [1.807, 2.05) is 0 Å². The van der Waals surface area contributed by atoms with E-state index in [1.165, 1.54) is 24.7 Å². The molecule has 3 heterocycles. The van der Waals surface area contributed by atoms with Crippen LogP contribution in [0.2, 0.25) is 0 Å². The molecular formula is C9H15N3S. The molecule has 4 heteroatoms. The van der Waals surface area contributed by atoms with Crippen molar-refractivity contribution in [2.24, 2.45) is 4.99 Å². The summed E-state index contributed by atoms with van der Waals surface area (Å²) in [6, 6.07) is 0.786. The summed E-state index contributed by atoms with van der Waals surface area (Å²) in [5, 5.41) is 0.890. The summed E-state index contributed by atoms with van der Waals surface area (Å²) in [7, 11) is 2.16. The number of nitrogens with zero attached hydrogens (tertiary/aromatic N) is 3. The molecule has 2 bridgehead atoms. The van der Waals surface area contributed by atoms with E-state index in [0.29, 0.717) is 0 Å². The van der Waals surface area contributed by atoms with Crippen LogP contribution in [-0.2, 0) is 0 Å². The number of hydrogen-bond acceptors (Lipinski definition) is 4. The molecule has 0 spiro atoms. The summed E-state index contributed by atoms with van der Waals surface area (Å²) in [5.41, 5.74) is 0. The molecule has 0 aromatic carbocycles. The van der Waals surface area contributed by atoms with Crippen LogP contribution in [0.1, 0.15) is 6.42 Å². The molecule has 0 N–H and O–H groups in total. The largest absolute Gasteiger partial charge is 0.344 e. The molecule has 2 fully saturated rings. The van der Waals surface area contributed by atoms with Crippen molar-refractivity contribution >= 4 is 17.7 Å². The summed E-state index contributed by atoms with van der Waals surface area (Å²) >= 11 is 2.14. The monoisotopic (exact) mass is 197 g/mol. The number of rotatable bonds is 0. The highest BCUT2D eigenvalue weighted by Gasteiger charge is 2.41. The van der Waals surface area contributed by atoms with E-state index < -0.39 is 0 Å². The van der Waals surface area contributed by atoms with Crippen LogP contribution in [0.15, 0.2) is 4.99 Å². The average Bonchev–Trinajstić information content (AvgIpc) is 2.77. The van der Waals surface area contributed by atoms with Gasteiger partial charge in [0.25, 0.3) is 0 Å². The number of guanidine groups is 1. The predicted octanol–water partition coefficient (Wildman–Crippen LogP) is 0.478. The van der Waals surface area contributed by atoms with Crippen LogP contribution < -0.4 is 0 Å². The van der Waals surface area contributed by atoms with Gasteiger partial charge in [0.2, 0.25) is 0 Å². The number of aliphatic imine (C=N–C) groups is 1. The Balaban J connectivity index is 1.79. The van der Waals surface area contributed by atoms with Gasteiger partial charge in [0.15, 0.2) is 5.96 Å². The number of hydrogen-bond donors (Lipinski definition) is 0. The van der Waals surface area contributed by atoms with E-state index in [2.05, 4.69) is 33.6 Å². The number of likely N-dealkylation sites (tertiary alicyclic amines) is 1. The van der Waals surface area contributed by atoms with Gasteiger partial charge >= 0.3 is 0 Å². The SMILES string of the molecule is CN1CCN=C1N1CC2CC1CS2. The number of fused-ring (bicyclic) bond motifs is 2. The molecule has 0 radical (unpaired) electrons. The molecule has 0 saturated carbocycles. The van der Waals surface area contributed by atoms with Crippen molar-refractivity contribution in [2.75, 3.05) is 32.4 Å². The second kappa shape index (κ2) is 2.80. The molecule has 13 heavy (non-hydrogen) atoms. The van der Waals surface area contributed by atoms with E-state index in [9.17, 15) is 0 Å². The van der Waals surface area contributed by atoms with Crippen LogP contribution in [0.4, 0.5) is 0 Å². The lowest BCUT2D eigenvalue weighted by atomic mass is 10.2. The molecule has 0 amide bonds. The molecule has 2 saturated heterocycles. The molecule has 0 aromatic rings. The Morgan fingerprint density at radius 1 is 1.54 bits per heavy atom. The van der Waals surface area contributed by atoms with E-state index in [0.717, 1.165) is 24.4 Å². The minimum absolute atomic E-state index is 0.786. The summed E-state index contributed by atoms with van der Waals surface area (Å²) in [4.78, 5) is 9.40. The van der Waals surface area contributed by atoms with Gasteiger partial charge in [-0.25, -0.2) is 0 Å². The zero-order chi connectivity index (χ0) is 8.84. The van der Waals surface area contributed by atoms with E-state index in [-0.39, 0.29) is 0 Å². The van der Waals surface area contributed by atoms with Gasteiger partial charge in [-0.2, -0.15) is 11.8 Å². The van der Waals surface area contributed by atoms with Crippen molar-refractivity contribution < 1.29 is 0 Å². The van der Waals surface area contributed by atoms with Crippen LogP contribution in [-0.4, -0.2) is 59.5 Å². The Bertz CT molecular complexity index is 253. The fraction of sp³-hybridized carbons (Fsp3) is 0.889. The van der Waals surface area contributed by atoms with Crippen molar-refractivity contribution in [3.8, 4) is 0 Å². The van der Waals surface area contributed by atoms with Gasteiger partial charge in [-0.3, -0.25) is 4.99 Å². The van der Waals surface area contributed by atoms with Crippen molar-refractivity contribution in [1.29, 1.82) is 0 Å². The fourth-order valence-corrected chi connectivity index (χ4v) is 3.91. The Labute approximate surface area is 83.2 Å². The van der Waals surface area contributed by atoms with E-state index in [4.69, 9.17) is 0 Å². The van der Waals surface area contributed by atoms with Gasteiger partial charge in [-0.05, 0) is 6.42 Å².